The maximum atomic E-state index is 11.6. The van der Waals surface area contributed by atoms with Gasteiger partial charge in [-0.3, -0.25) is 4.79 Å². The Bertz CT molecular complexity index is 695. The molecule has 0 bridgehead atoms. The summed E-state index contributed by atoms with van der Waals surface area (Å²) in [6.45, 7) is 2.06. The van der Waals surface area contributed by atoms with Crippen molar-refractivity contribution in [1.29, 1.82) is 0 Å². The molecule has 0 spiro atoms. The second-order valence-corrected chi connectivity index (χ2v) is 5.69. The van der Waals surface area contributed by atoms with Crippen molar-refractivity contribution in [3.63, 3.8) is 0 Å². The minimum absolute atomic E-state index is 0.0252. The molecule has 3 nitrogen and oxygen atoms in total. The Labute approximate surface area is 128 Å². The standard InChI is InChI=1S/C17H16ClNO2/c1-2-10-7-12-9-15(20)19-16(12)14(8-10)17(21)11-3-5-13(18)6-4-11/h3-8,17,21H,2,9H2,1H3,(H,19,20). The number of halogens is 1. The first-order chi connectivity index (χ1) is 10.1. The Morgan fingerprint density at radius 1 is 1.29 bits per heavy atom. The number of anilines is 1. The summed E-state index contributed by atoms with van der Waals surface area (Å²) in [4.78, 5) is 11.6. The Balaban J connectivity index is 2.07. The molecule has 1 heterocycles. The Morgan fingerprint density at radius 2 is 2.00 bits per heavy atom. The second-order valence-electron chi connectivity index (χ2n) is 5.25. The van der Waals surface area contributed by atoms with E-state index in [1.807, 2.05) is 12.1 Å². The van der Waals surface area contributed by atoms with Crippen LogP contribution in [0, 0.1) is 0 Å². The van der Waals surface area contributed by atoms with Crippen LogP contribution in [0.4, 0.5) is 5.69 Å². The summed E-state index contributed by atoms with van der Waals surface area (Å²) in [6, 6.07) is 11.1. The second kappa shape index (κ2) is 5.51. The van der Waals surface area contributed by atoms with E-state index < -0.39 is 6.10 Å². The van der Waals surface area contributed by atoms with Gasteiger partial charge in [-0.1, -0.05) is 42.8 Å². The molecular formula is C17H16ClNO2. The summed E-state index contributed by atoms with van der Waals surface area (Å²) in [5, 5.41) is 14.1. The molecule has 0 saturated carbocycles. The number of rotatable bonds is 3. The van der Waals surface area contributed by atoms with Gasteiger partial charge in [-0.05, 0) is 35.2 Å². The van der Waals surface area contributed by atoms with Crippen LogP contribution in [0.2, 0.25) is 5.02 Å². The van der Waals surface area contributed by atoms with Crippen molar-refractivity contribution in [3.8, 4) is 0 Å². The normalized spacial score (nSPS) is 14.7. The fourth-order valence-electron chi connectivity index (χ4n) is 2.69. The molecule has 0 radical (unpaired) electrons. The predicted octanol–water partition coefficient (Wildman–Crippen LogP) is 3.48. The number of nitrogens with one attached hydrogen (secondary N) is 1. The molecule has 2 aromatic rings. The molecule has 1 unspecified atom stereocenters. The van der Waals surface area contributed by atoms with E-state index in [1.54, 1.807) is 24.3 Å². The van der Waals surface area contributed by atoms with Gasteiger partial charge in [0, 0.05) is 10.6 Å². The third-order valence-electron chi connectivity index (χ3n) is 3.81. The van der Waals surface area contributed by atoms with Crippen LogP contribution >= 0.6 is 11.6 Å². The number of benzene rings is 2. The van der Waals surface area contributed by atoms with E-state index >= 15 is 0 Å². The highest BCUT2D eigenvalue weighted by molar-refractivity contribution is 6.30. The quantitative estimate of drug-likeness (QED) is 0.912. The summed E-state index contributed by atoms with van der Waals surface area (Å²) in [5.41, 5.74) is 4.34. The van der Waals surface area contributed by atoms with E-state index in [-0.39, 0.29) is 5.91 Å². The summed E-state index contributed by atoms with van der Waals surface area (Å²) >= 11 is 5.88. The van der Waals surface area contributed by atoms with Crippen molar-refractivity contribution in [2.75, 3.05) is 5.32 Å². The fourth-order valence-corrected chi connectivity index (χ4v) is 2.81. The average molecular weight is 302 g/mol. The first kappa shape index (κ1) is 14.1. The van der Waals surface area contributed by atoms with Gasteiger partial charge in [-0.2, -0.15) is 0 Å². The monoisotopic (exact) mass is 301 g/mol. The van der Waals surface area contributed by atoms with E-state index in [2.05, 4.69) is 12.2 Å². The van der Waals surface area contributed by atoms with E-state index in [0.717, 1.165) is 34.4 Å². The molecule has 1 amide bonds. The topological polar surface area (TPSA) is 49.3 Å². The Morgan fingerprint density at radius 3 is 2.67 bits per heavy atom. The molecule has 1 atom stereocenters. The van der Waals surface area contributed by atoms with Gasteiger partial charge in [-0.25, -0.2) is 0 Å². The molecule has 0 saturated heterocycles. The van der Waals surface area contributed by atoms with Gasteiger partial charge >= 0.3 is 0 Å². The Kier molecular flexibility index (Phi) is 3.70. The number of carbonyl (C=O) groups excluding carboxylic acids is 1. The third-order valence-corrected chi connectivity index (χ3v) is 4.07. The van der Waals surface area contributed by atoms with Crippen molar-refractivity contribution >= 4 is 23.2 Å². The number of aryl methyl sites for hydroxylation is 1. The van der Waals surface area contributed by atoms with E-state index in [4.69, 9.17) is 11.6 Å². The smallest absolute Gasteiger partial charge is 0.228 e. The fraction of sp³-hybridized carbons (Fsp3) is 0.235. The first-order valence-corrected chi connectivity index (χ1v) is 7.35. The zero-order chi connectivity index (χ0) is 15.0. The lowest BCUT2D eigenvalue weighted by molar-refractivity contribution is -0.115. The molecule has 4 heteroatoms. The molecule has 1 aliphatic heterocycles. The Hall–Kier alpha value is -1.84. The number of carbonyl (C=O) groups is 1. The lowest BCUT2D eigenvalue weighted by atomic mass is 9.94. The van der Waals surface area contributed by atoms with Crippen LogP contribution < -0.4 is 5.32 Å². The highest BCUT2D eigenvalue weighted by Gasteiger charge is 2.25. The van der Waals surface area contributed by atoms with Crippen LogP contribution in [0.5, 0.6) is 0 Å². The molecule has 2 N–H and O–H groups in total. The van der Waals surface area contributed by atoms with Crippen molar-refractivity contribution < 1.29 is 9.90 Å². The molecule has 0 fully saturated rings. The highest BCUT2D eigenvalue weighted by Crippen LogP contribution is 2.36. The minimum atomic E-state index is -0.777. The van der Waals surface area contributed by atoms with Crippen LogP contribution in [0.1, 0.15) is 35.3 Å². The van der Waals surface area contributed by atoms with Gasteiger partial charge in [0.2, 0.25) is 5.91 Å². The van der Waals surface area contributed by atoms with E-state index in [9.17, 15) is 9.90 Å². The predicted molar refractivity (Wildman–Crippen MR) is 83.7 cm³/mol. The van der Waals surface area contributed by atoms with Gasteiger partial charge in [0.25, 0.3) is 0 Å². The molecule has 21 heavy (non-hydrogen) atoms. The van der Waals surface area contributed by atoms with Gasteiger partial charge in [0.05, 0.1) is 12.1 Å². The summed E-state index contributed by atoms with van der Waals surface area (Å²) in [7, 11) is 0. The number of amides is 1. The summed E-state index contributed by atoms with van der Waals surface area (Å²) in [6.07, 6.45) is 0.464. The molecule has 0 aromatic heterocycles. The highest BCUT2D eigenvalue weighted by atomic mass is 35.5. The first-order valence-electron chi connectivity index (χ1n) is 6.97. The van der Waals surface area contributed by atoms with Crippen molar-refractivity contribution in [2.24, 2.45) is 0 Å². The van der Waals surface area contributed by atoms with Crippen molar-refractivity contribution in [2.45, 2.75) is 25.9 Å². The SMILES string of the molecule is CCc1cc2c(c(C(O)c3ccc(Cl)cc3)c1)NC(=O)C2. The van der Waals surface area contributed by atoms with Crippen LogP contribution in [0.25, 0.3) is 0 Å². The zero-order valence-electron chi connectivity index (χ0n) is 11.7. The minimum Gasteiger partial charge on any atom is -0.384 e. The number of fused-ring (bicyclic) bond motifs is 1. The third kappa shape index (κ3) is 2.67. The average Bonchev–Trinajstić information content (AvgIpc) is 2.86. The lowest BCUT2D eigenvalue weighted by Gasteiger charge is -2.17. The van der Waals surface area contributed by atoms with E-state index in [0.29, 0.717) is 11.4 Å². The van der Waals surface area contributed by atoms with E-state index in [1.165, 1.54) is 0 Å². The van der Waals surface area contributed by atoms with Crippen molar-refractivity contribution in [1.82, 2.24) is 0 Å². The van der Waals surface area contributed by atoms with Crippen LogP contribution in [0.3, 0.4) is 0 Å². The maximum Gasteiger partial charge on any atom is 0.228 e. The number of hydrogen-bond acceptors (Lipinski definition) is 2. The van der Waals surface area contributed by atoms with Gasteiger partial charge in [-0.15, -0.1) is 0 Å². The molecular weight excluding hydrogens is 286 g/mol. The van der Waals surface area contributed by atoms with Crippen LogP contribution in [-0.2, 0) is 17.6 Å². The number of aliphatic hydroxyl groups excluding tert-OH is 1. The van der Waals surface area contributed by atoms with Gasteiger partial charge in [0.15, 0.2) is 0 Å². The largest absolute Gasteiger partial charge is 0.384 e. The van der Waals surface area contributed by atoms with Gasteiger partial charge in [0.1, 0.15) is 6.10 Å². The van der Waals surface area contributed by atoms with Crippen LogP contribution in [-0.4, -0.2) is 11.0 Å². The van der Waals surface area contributed by atoms with Crippen LogP contribution in [0.15, 0.2) is 36.4 Å². The number of hydrogen-bond donors (Lipinski definition) is 2. The zero-order valence-corrected chi connectivity index (χ0v) is 12.4. The summed E-state index contributed by atoms with van der Waals surface area (Å²) in [5.74, 6) is -0.0252. The molecule has 3 rings (SSSR count). The molecule has 1 aliphatic rings. The molecule has 108 valence electrons. The van der Waals surface area contributed by atoms with Crippen molar-refractivity contribution in [3.05, 3.63) is 63.7 Å². The molecule has 2 aromatic carbocycles. The maximum absolute atomic E-state index is 11.6. The lowest BCUT2D eigenvalue weighted by Crippen LogP contribution is -2.08. The number of aliphatic hydroxyl groups is 1. The molecule has 0 aliphatic carbocycles. The van der Waals surface area contributed by atoms with Gasteiger partial charge < -0.3 is 10.4 Å². The summed E-state index contributed by atoms with van der Waals surface area (Å²) < 4.78 is 0.